The number of benzene rings is 1. The molecule has 1 aromatic carbocycles. The van der Waals surface area contributed by atoms with Crippen LogP contribution in [0.3, 0.4) is 0 Å². The van der Waals surface area contributed by atoms with Gasteiger partial charge in [-0.25, -0.2) is 0 Å². The first-order valence-electron chi connectivity index (χ1n) is 6.25. The minimum absolute atomic E-state index is 0.181. The van der Waals surface area contributed by atoms with Gasteiger partial charge in [-0.1, -0.05) is 30.3 Å². The number of carbonyl (C=O) groups excluding carboxylic acids is 1. The Morgan fingerprint density at radius 3 is 2.74 bits per heavy atom. The summed E-state index contributed by atoms with van der Waals surface area (Å²) < 4.78 is 1.60. The molecule has 5 nitrogen and oxygen atoms in total. The molecule has 1 amide bonds. The maximum atomic E-state index is 11.9. The Kier molecular flexibility index (Phi) is 4.30. The lowest BCUT2D eigenvalue weighted by molar-refractivity contribution is -0.117. The van der Waals surface area contributed by atoms with E-state index in [4.69, 9.17) is 5.73 Å². The van der Waals surface area contributed by atoms with Gasteiger partial charge in [0.1, 0.15) is 5.82 Å². The summed E-state index contributed by atoms with van der Waals surface area (Å²) in [6.45, 7) is 0. The van der Waals surface area contributed by atoms with Crippen LogP contribution in [0.15, 0.2) is 42.6 Å². The average Bonchev–Trinajstić information content (AvgIpc) is 2.82. The van der Waals surface area contributed by atoms with E-state index in [1.807, 2.05) is 30.3 Å². The fourth-order valence-electron chi connectivity index (χ4n) is 1.81. The molecule has 1 heterocycles. The number of nitrogens with zero attached hydrogens (tertiary/aromatic N) is 2. The van der Waals surface area contributed by atoms with Crippen LogP contribution < -0.4 is 11.1 Å². The predicted octanol–water partition coefficient (Wildman–Crippen LogP) is 1.32. The molecule has 2 aromatic rings. The molecule has 2 rings (SSSR count). The van der Waals surface area contributed by atoms with E-state index in [1.165, 1.54) is 5.56 Å². The van der Waals surface area contributed by atoms with Crippen LogP contribution in [0.4, 0.5) is 5.82 Å². The molecule has 0 spiro atoms. The number of hydrogen-bond donors (Lipinski definition) is 2. The highest BCUT2D eigenvalue weighted by Crippen LogP contribution is 2.07. The van der Waals surface area contributed by atoms with Crippen LogP contribution in [0.5, 0.6) is 0 Å². The SMILES string of the molecule is Cn1nccc1NC(=O)C(N)CCc1ccccc1. The van der Waals surface area contributed by atoms with Crippen LogP contribution in [-0.2, 0) is 18.3 Å². The van der Waals surface area contributed by atoms with Crippen molar-refractivity contribution < 1.29 is 4.79 Å². The van der Waals surface area contributed by atoms with E-state index in [0.29, 0.717) is 12.2 Å². The lowest BCUT2D eigenvalue weighted by Gasteiger charge is -2.12. The molecule has 0 saturated carbocycles. The Hall–Kier alpha value is -2.14. The second-order valence-corrected chi connectivity index (χ2v) is 4.46. The number of nitrogens with one attached hydrogen (secondary N) is 1. The molecule has 3 N–H and O–H groups in total. The zero-order valence-corrected chi connectivity index (χ0v) is 10.9. The molecule has 0 aliphatic heterocycles. The summed E-state index contributed by atoms with van der Waals surface area (Å²) in [5.74, 6) is 0.472. The Labute approximate surface area is 112 Å². The smallest absolute Gasteiger partial charge is 0.242 e. The summed E-state index contributed by atoms with van der Waals surface area (Å²) in [5.41, 5.74) is 7.08. The number of amides is 1. The Balaban J connectivity index is 1.84. The molecule has 0 fully saturated rings. The van der Waals surface area contributed by atoms with E-state index in [1.54, 1.807) is 24.0 Å². The number of aryl methyl sites for hydroxylation is 2. The molecule has 0 radical (unpaired) electrons. The van der Waals surface area contributed by atoms with Crippen molar-refractivity contribution in [3.05, 3.63) is 48.2 Å². The molecule has 1 unspecified atom stereocenters. The van der Waals surface area contributed by atoms with Gasteiger partial charge in [0.2, 0.25) is 5.91 Å². The highest BCUT2D eigenvalue weighted by molar-refractivity contribution is 5.93. The number of nitrogens with two attached hydrogens (primary N) is 1. The Morgan fingerprint density at radius 1 is 1.37 bits per heavy atom. The number of rotatable bonds is 5. The van der Waals surface area contributed by atoms with Gasteiger partial charge in [0.05, 0.1) is 12.2 Å². The van der Waals surface area contributed by atoms with Crippen molar-refractivity contribution in [2.75, 3.05) is 5.32 Å². The van der Waals surface area contributed by atoms with Crippen LogP contribution in [0.25, 0.3) is 0 Å². The first kappa shape index (κ1) is 13.3. The fraction of sp³-hybridized carbons (Fsp3) is 0.286. The van der Waals surface area contributed by atoms with Gasteiger partial charge in [0.15, 0.2) is 0 Å². The van der Waals surface area contributed by atoms with Gasteiger partial charge in [-0.05, 0) is 18.4 Å². The molecule has 5 heteroatoms. The number of hydrogen-bond acceptors (Lipinski definition) is 3. The van der Waals surface area contributed by atoms with Crippen LogP contribution in [0, 0.1) is 0 Å². The normalized spacial score (nSPS) is 12.1. The number of anilines is 1. The molecule has 1 atom stereocenters. The number of aromatic nitrogens is 2. The summed E-state index contributed by atoms with van der Waals surface area (Å²) in [4.78, 5) is 11.9. The fourth-order valence-corrected chi connectivity index (χ4v) is 1.81. The summed E-state index contributed by atoms with van der Waals surface area (Å²) in [5, 5.41) is 6.75. The van der Waals surface area contributed by atoms with E-state index in [2.05, 4.69) is 10.4 Å². The molecule has 0 bridgehead atoms. The monoisotopic (exact) mass is 258 g/mol. The predicted molar refractivity (Wildman–Crippen MR) is 74.6 cm³/mol. The van der Waals surface area contributed by atoms with Crippen molar-refractivity contribution in [2.45, 2.75) is 18.9 Å². The first-order valence-corrected chi connectivity index (χ1v) is 6.25. The summed E-state index contributed by atoms with van der Waals surface area (Å²) in [6.07, 6.45) is 3.04. The lowest BCUT2D eigenvalue weighted by atomic mass is 10.1. The molecule has 100 valence electrons. The summed E-state index contributed by atoms with van der Waals surface area (Å²) in [7, 11) is 1.77. The topological polar surface area (TPSA) is 72.9 Å². The van der Waals surface area contributed by atoms with Crippen molar-refractivity contribution in [3.63, 3.8) is 0 Å². The standard InChI is InChI=1S/C14H18N4O/c1-18-13(9-10-16-18)17-14(19)12(15)8-7-11-5-3-2-4-6-11/h2-6,9-10,12H,7-8,15H2,1H3,(H,17,19). The second kappa shape index (κ2) is 6.15. The third-order valence-electron chi connectivity index (χ3n) is 3.00. The zero-order chi connectivity index (χ0) is 13.7. The zero-order valence-electron chi connectivity index (χ0n) is 10.9. The van der Waals surface area contributed by atoms with E-state index < -0.39 is 6.04 Å². The minimum atomic E-state index is -0.518. The molecular weight excluding hydrogens is 240 g/mol. The van der Waals surface area contributed by atoms with Gasteiger partial charge >= 0.3 is 0 Å². The quantitative estimate of drug-likeness (QED) is 0.849. The highest BCUT2D eigenvalue weighted by Gasteiger charge is 2.14. The molecule has 0 aliphatic carbocycles. The van der Waals surface area contributed by atoms with Crippen molar-refractivity contribution in [3.8, 4) is 0 Å². The van der Waals surface area contributed by atoms with Crippen LogP contribution in [0.2, 0.25) is 0 Å². The molecule has 1 aromatic heterocycles. The van der Waals surface area contributed by atoms with E-state index in [9.17, 15) is 4.79 Å². The van der Waals surface area contributed by atoms with Crippen molar-refractivity contribution in [2.24, 2.45) is 12.8 Å². The van der Waals surface area contributed by atoms with E-state index in [-0.39, 0.29) is 5.91 Å². The summed E-state index contributed by atoms with van der Waals surface area (Å²) in [6, 6.07) is 11.2. The second-order valence-electron chi connectivity index (χ2n) is 4.46. The maximum Gasteiger partial charge on any atom is 0.242 e. The Morgan fingerprint density at radius 2 is 2.11 bits per heavy atom. The van der Waals surface area contributed by atoms with Crippen LogP contribution >= 0.6 is 0 Å². The molecular formula is C14H18N4O. The van der Waals surface area contributed by atoms with Gasteiger partial charge in [0.25, 0.3) is 0 Å². The lowest BCUT2D eigenvalue weighted by Crippen LogP contribution is -2.36. The number of carbonyl (C=O) groups is 1. The highest BCUT2D eigenvalue weighted by atomic mass is 16.2. The van der Waals surface area contributed by atoms with Gasteiger partial charge in [-0.15, -0.1) is 0 Å². The van der Waals surface area contributed by atoms with E-state index >= 15 is 0 Å². The van der Waals surface area contributed by atoms with Crippen LogP contribution in [-0.4, -0.2) is 21.7 Å². The van der Waals surface area contributed by atoms with Gasteiger partial charge in [-0.2, -0.15) is 5.10 Å². The Bertz CT molecular complexity index is 535. The molecule has 19 heavy (non-hydrogen) atoms. The third-order valence-corrected chi connectivity index (χ3v) is 3.00. The van der Waals surface area contributed by atoms with Gasteiger partial charge in [0, 0.05) is 13.1 Å². The average molecular weight is 258 g/mol. The summed E-state index contributed by atoms with van der Waals surface area (Å²) >= 11 is 0. The van der Waals surface area contributed by atoms with Gasteiger partial charge < -0.3 is 11.1 Å². The maximum absolute atomic E-state index is 11.9. The van der Waals surface area contributed by atoms with Crippen molar-refractivity contribution in [1.82, 2.24) is 9.78 Å². The molecule has 0 aliphatic rings. The van der Waals surface area contributed by atoms with Gasteiger partial charge in [-0.3, -0.25) is 9.48 Å². The van der Waals surface area contributed by atoms with Crippen LogP contribution in [0.1, 0.15) is 12.0 Å². The molecule has 0 saturated heterocycles. The van der Waals surface area contributed by atoms with E-state index in [0.717, 1.165) is 6.42 Å². The third kappa shape index (κ3) is 3.66. The van der Waals surface area contributed by atoms with Crippen molar-refractivity contribution in [1.29, 1.82) is 0 Å². The van der Waals surface area contributed by atoms with Crippen molar-refractivity contribution >= 4 is 11.7 Å². The first-order chi connectivity index (χ1) is 9.16. The minimum Gasteiger partial charge on any atom is -0.320 e. The largest absolute Gasteiger partial charge is 0.320 e.